The van der Waals surface area contributed by atoms with E-state index in [4.69, 9.17) is 5.26 Å². The van der Waals surface area contributed by atoms with E-state index in [9.17, 15) is 0 Å². The number of hydrogen-bond donors (Lipinski definition) is 1. The maximum Gasteiger partial charge on any atom is 0.108 e. The summed E-state index contributed by atoms with van der Waals surface area (Å²) in [4.78, 5) is 0. The summed E-state index contributed by atoms with van der Waals surface area (Å²) in [6, 6.07) is 1.98. The predicted molar refractivity (Wildman–Crippen MR) is 32.3 cm³/mol. The molecule has 0 radical (unpaired) electrons. The maximum atomic E-state index is 8.16. The first-order chi connectivity index (χ1) is 3.43. The SMILES string of the molecule is N#CC1=C=[SH]C=C1. The Morgan fingerprint density at radius 2 is 2.71 bits per heavy atom. The van der Waals surface area contributed by atoms with Crippen LogP contribution in [0.1, 0.15) is 0 Å². The molecular formula is C5H3NS. The Morgan fingerprint density at radius 3 is 3.00 bits per heavy atom. The van der Waals surface area contributed by atoms with Gasteiger partial charge < -0.3 is 0 Å². The summed E-state index contributed by atoms with van der Waals surface area (Å²) in [5.74, 6) is 0. The number of rotatable bonds is 0. The van der Waals surface area contributed by atoms with Gasteiger partial charge in [0.2, 0.25) is 0 Å². The predicted octanol–water partition coefficient (Wildman–Crippen LogP) is 0.830. The van der Waals surface area contributed by atoms with Crippen LogP contribution >= 0.6 is 11.4 Å². The number of nitrogens with zero attached hydrogens (tertiary/aromatic N) is 1. The lowest BCUT2D eigenvalue weighted by atomic mass is 10.3. The Balaban J connectivity index is 2.99. The van der Waals surface area contributed by atoms with Crippen LogP contribution in [-0.4, -0.2) is 5.02 Å². The van der Waals surface area contributed by atoms with Gasteiger partial charge in [-0.3, -0.25) is 0 Å². The third kappa shape index (κ3) is 0.806. The van der Waals surface area contributed by atoms with Gasteiger partial charge in [0.05, 0.1) is 0 Å². The zero-order valence-corrected chi connectivity index (χ0v) is 4.44. The highest BCUT2D eigenvalue weighted by Crippen LogP contribution is 2.00. The van der Waals surface area contributed by atoms with Crippen molar-refractivity contribution < 1.29 is 0 Å². The van der Waals surface area contributed by atoms with E-state index in [1.807, 2.05) is 11.5 Å². The lowest BCUT2D eigenvalue weighted by Gasteiger charge is -1.64. The molecule has 0 bridgehead atoms. The minimum atomic E-state index is 0.654. The largest absolute Gasteiger partial charge is 0.192 e. The Kier molecular flexibility index (Phi) is 1.12. The standard InChI is InChI=1S/C5H3NS/c6-3-5-1-2-7-4-5/h1-2,7H. The molecule has 0 N–H and O–H groups in total. The molecule has 2 heteroatoms. The zero-order valence-electron chi connectivity index (χ0n) is 3.55. The Hall–Kier alpha value is -0.770. The van der Waals surface area contributed by atoms with Gasteiger partial charge in [-0.15, -0.1) is 11.4 Å². The molecule has 0 spiro atoms. The van der Waals surface area contributed by atoms with E-state index in [0.717, 1.165) is 11.4 Å². The molecule has 1 rings (SSSR count). The Bertz CT molecular complexity index is 201. The molecule has 1 nitrogen and oxygen atoms in total. The molecule has 0 aromatic rings. The topological polar surface area (TPSA) is 23.8 Å². The van der Waals surface area contributed by atoms with Crippen molar-refractivity contribution in [1.29, 1.82) is 5.26 Å². The molecule has 0 atom stereocenters. The van der Waals surface area contributed by atoms with Gasteiger partial charge in [0.1, 0.15) is 11.6 Å². The van der Waals surface area contributed by atoms with Crippen molar-refractivity contribution >= 4 is 16.4 Å². The first-order valence-corrected chi connectivity index (χ1v) is 2.79. The second-order valence-electron chi connectivity index (χ2n) is 1.08. The van der Waals surface area contributed by atoms with Gasteiger partial charge in [0.25, 0.3) is 0 Å². The van der Waals surface area contributed by atoms with Crippen molar-refractivity contribution in [1.82, 2.24) is 0 Å². The molecule has 0 aliphatic carbocycles. The highest BCUT2D eigenvalue weighted by atomic mass is 32.1. The molecule has 0 amide bonds. The van der Waals surface area contributed by atoms with E-state index < -0.39 is 0 Å². The van der Waals surface area contributed by atoms with Gasteiger partial charge >= 0.3 is 0 Å². The highest BCUT2D eigenvalue weighted by molar-refractivity contribution is 8.00. The van der Waals surface area contributed by atoms with Crippen molar-refractivity contribution in [3.8, 4) is 6.07 Å². The molecule has 1 heterocycles. The Labute approximate surface area is 45.5 Å². The van der Waals surface area contributed by atoms with Crippen LogP contribution in [0.4, 0.5) is 0 Å². The van der Waals surface area contributed by atoms with Crippen LogP contribution < -0.4 is 0 Å². The second-order valence-corrected chi connectivity index (χ2v) is 1.86. The molecule has 0 aromatic heterocycles. The third-order valence-electron chi connectivity index (χ3n) is 0.621. The molecule has 0 unspecified atom stereocenters. The third-order valence-corrected chi connectivity index (χ3v) is 1.29. The lowest BCUT2D eigenvalue weighted by molar-refractivity contribution is 1.52. The molecule has 0 fully saturated rings. The highest BCUT2D eigenvalue weighted by Gasteiger charge is 1.85. The molecule has 1 aliphatic rings. The van der Waals surface area contributed by atoms with Crippen LogP contribution in [-0.2, 0) is 0 Å². The molecule has 34 valence electrons. The fourth-order valence-electron chi connectivity index (χ4n) is 0.318. The summed E-state index contributed by atoms with van der Waals surface area (Å²) in [7, 11) is 0. The van der Waals surface area contributed by atoms with Crippen LogP contribution in [0.3, 0.4) is 0 Å². The molecule has 0 saturated carbocycles. The van der Waals surface area contributed by atoms with Crippen LogP contribution in [0.25, 0.3) is 0 Å². The van der Waals surface area contributed by atoms with Gasteiger partial charge in [0, 0.05) is 0 Å². The normalized spacial score (nSPS) is 15.0. The molecule has 0 saturated heterocycles. The second kappa shape index (κ2) is 1.79. The van der Waals surface area contributed by atoms with Gasteiger partial charge in [-0.05, 0) is 11.5 Å². The summed E-state index contributed by atoms with van der Waals surface area (Å²) < 4.78 is 0. The van der Waals surface area contributed by atoms with Crippen molar-refractivity contribution in [3.05, 3.63) is 17.1 Å². The van der Waals surface area contributed by atoms with E-state index in [1.165, 1.54) is 0 Å². The van der Waals surface area contributed by atoms with Crippen molar-refractivity contribution in [2.75, 3.05) is 0 Å². The molecule has 1 aliphatic heterocycles. The summed E-state index contributed by atoms with van der Waals surface area (Å²) >= 11 is 1.01. The number of nitriles is 1. The number of allylic oxidation sites excluding steroid dienone is 2. The van der Waals surface area contributed by atoms with Crippen molar-refractivity contribution in [3.63, 3.8) is 0 Å². The fraction of sp³-hybridized carbons (Fsp3) is 0. The molecule has 7 heavy (non-hydrogen) atoms. The summed E-state index contributed by atoms with van der Waals surface area (Å²) in [6.45, 7) is 0. The summed E-state index contributed by atoms with van der Waals surface area (Å²) in [5.41, 5.74) is 0.654. The monoisotopic (exact) mass is 109 g/mol. The zero-order chi connectivity index (χ0) is 5.11. The van der Waals surface area contributed by atoms with Crippen LogP contribution in [0.2, 0.25) is 0 Å². The summed E-state index contributed by atoms with van der Waals surface area (Å²) in [6.07, 6.45) is 1.77. The minimum Gasteiger partial charge on any atom is -0.192 e. The lowest BCUT2D eigenvalue weighted by Crippen LogP contribution is -1.61. The van der Waals surface area contributed by atoms with E-state index in [0.29, 0.717) is 5.57 Å². The average Bonchev–Trinajstić information content (AvgIpc) is 2.14. The van der Waals surface area contributed by atoms with Crippen molar-refractivity contribution in [2.45, 2.75) is 0 Å². The fourth-order valence-corrected chi connectivity index (χ4v) is 0.880. The van der Waals surface area contributed by atoms with Gasteiger partial charge in [0.15, 0.2) is 0 Å². The Morgan fingerprint density at radius 1 is 1.86 bits per heavy atom. The smallest absolute Gasteiger partial charge is 0.108 e. The number of hydrogen-bond acceptors (Lipinski definition) is 1. The number of thiol groups is 1. The van der Waals surface area contributed by atoms with E-state index >= 15 is 0 Å². The van der Waals surface area contributed by atoms with Crippen LogP contribution in [0, 0.1) is 11.3 Å². The maximum absolute atomic E-state index is 8.16. The van der Waals surface area contributed by atoms with Gasteiger partial charge in [-0.25, -0.2) is 0 Å². The molecule has 0 aromatic carbocycles. The van der Waals surface area contributed by atoms with Gasteiger partial charge in [-0.2, -0.15) is 5.26 Å². The van der Waals surface area contributed by atoms with E-state index in [-0.39, 0.29) is 0 Å². The van der Waals surface area contributed by atoms with Gasteiger partial charge in [-0.1, -0.05) is 5.02 Å². The van der Waals surface area contributed by atoms with Crippen LogP contribution in [0.15, 0.2) is 17.1 Å². The minimum absolute atomic E-state index is 0.654. The van der Waals surface area contributed by atoms with E-state index in [1.54, 1.807) is 6.08 Å². The van der Waals surface area contributed by atoms with Crippen LogP contribution in [0.5, 0.6) is 0 Å². The average molecular weight is 109 g/mol. The molecular weight excluding hydrogens is 106 g/mol. The van der Waals surface area contributed by atoms with Crippen molar-refractivity contribution in [2.24, 2.45) is 0 Å². The first-order valence-electron chi connectivity index (χ1n) is 1.83. The quantitative estimate of drug-likeness (QED) is 0.361. The summed E-state index contributed by atoms with van der Waals surface area (Å²) in [5, 5.41) is 12.9. The first kappa shape index (κ1) is 4.39. The van der Waals surface area contributed by atoms with E-state index in [2.05, 4.69) is 5.02 Å².